The van der Waals surface area contributed by atoms with Crippen molar-refractivity contribution in [3.05, 3.63) is 46.7 Å². The van der Waals surface area contributed by atoms with Gasteiger partial charge in [-0.15, -0.1) is 0 Å². The number of benzene rings is 1. The smallest absolute Gasteiger partial charge is 0.241 e. The van der Waals surface area contributed by atoms with Gasteiger partial charge in [-0.05, 0) is 44.7 Å². The van der Waals surface area contributed by atoms with Gasteiger partial charge in [0.05, 0.1) is 11.4 Å². The second-order valence-electron chi connectivity index (χ2n) is 6.24. The molecule has 1 aromatic carbocycles. The van der Waals surface area contributed by atoms with Crippen molar-refractivity contribution in [1.82, 2.24) is 9.97 Å². The van der Waals surface area contributed by atoms with Gasteiger partial charge in [0, 0.05) is 5.56 Å². The highest BCUT2D eigenvalue weighted by atomic mass is 19.1. The molecule has 0 spiro atoms. The lowest BCUT2D eigenvalue weighted by Gasteiger charge is -2.26. The molecular formula is C18H23FN2O. The van der Waals surface area contributed by atoms with Gasteiger partial charge in [-0.2, -0.15) is 0 Å². The Bertz CT molecular complexity index is 696. The van der Waals surface area contributed by atoms with Gasteiger partial charge in [0.1, 0.15) is 17.3 Å². The number of nitrogens with zero attached hydrogens (tertiary/aromatic N) is 2. The molecule has 0 amide bonds. The quantitative estimate of drug-likeness (QED) is 0.795. The van der Waals surface area contributed by atoms with Crippen LogP contribution in [0, 0.1) is 26.6 Å². The van der Waals surface area contributed by atoms with Gasteiger partial charge in [-0.1, -0.05) is 26.8 Å². The van der Waals surface area contributed by atoms with E-state index in [4.69, 9.17) is 4.74 Å². The summed E-state index contributed by atoms with van der Waals surface area (Å²) in [7, 11) is 0. The maximum Gasteiger partial charge on any atom is 0.241 e. The Kier molecular flexibility index (Phi) is 4.50. The monoisotopic (exact) mass is 302 g/mol. The van der Waals surface area contributed by atoms with Crippen molar-refractivity contribution in [3.8, 4) is 11.6 Å². The van der Waals surface area contributed by atoms with Crippen molar-refractivity contribution >= 4 is 0 Å². The molecule has 0 fully saturated rings. The largest absolute Gasteiger partial charge is 0.437 e. The SMILES string of the molecule is CCC(C)(C)c1c(F)cccc1Oc1nc(C)c(C)nc1C. The van der Waals surface area contributed by atoms with Gasteiger partial charge < -0.3 is 4.74 Å². The molecule has 1 heterocycles. The molecule has 1 aromatic heterocycles. The molecule has 0 unspecified atom stereocenters. The molecular weight excluding hydrogens is 279 g/mol. The molecule has 0 bridgehead atoms. The molecule has 3 nitrogen and oxygen atoms in total. The van der Waals surface area contributed by atoms with Crippen LogP contribution in [0.4, 0.5) is 4.39 Å². The van der Waals surface area contributed by atoms with E-state index in [9.17, 15) is 4.39 Å². The summed E-state index contributed by atoms with van der Waals surface area (Å²) in [5.74, 6) is 0.688. The Morgan fingerprint density at radius 2 is 1.68 bits per heavy atom. The molecule has 0 aliphatic rings. The van der Waals surface area contributed by atoms with E-state index in [1.807, 2.05) is 41.5 Å². The Morgan fingerprint density at radius 1 is 1.05 bits per heavy atom. The fourth-order valence-corrected chi connectivity index (χ4v) is 2.32. The van der Waals surface area contributed by atoms with Gasteiger partial charge >= 0.3 is 0 Å². The second kappa shape index (κ2) is 6.03. The van der Waals surface area contributed by atoms with Crippen LogP contribution in [0.15, 0.2) is 18.2 Å². The topological polar surface area (TPSA) is 35.0 Å². The molecule has 0 atom stereocenters. The maximum atomic E-state index is 14.4. The van der Waals surface area contributed by atoms with Gasteiger partial charge in [-0.3, -0.25) is 4.98 Å². The van der Waals surface area contributed by atoms with Crippen LogP contribution in [-0.2, 0) is 5.41 Å². The first kappa shape index (κ1) is 16.4. The van der Waals surface area contributed by atoms with Gasteiger partial charge in [0.25, 0.3) is 0 Å². The highest BCUT2D eigenvalue weighted by Gasteiger charge is 2.27. The lowest BCUT2D eigenvalue weighted by molar-refractivity contribution is 0.402. The van der Waals surface area contributed by atoms with Crippen molar-refractivity contribution in [2.24, 2.45) is 0 Å². The van der Waals surface area contributed by atoms with E-state index < -0.39 is 0 Å². The lowest BCUT2D eigenvalue weighted by Crippen LogP contribution is -2.19. The zero-order valence-corrected chi connectivity index (χ0v) is 14.1. The average Bonchev–Trinajstić information content (AvgIpc) is 2.44. The summed E-state index contributed by atoms with van der Waals surface area (Å²) in [5, 5.41) is 0. The van der Waals surface area contributed by atoms with E-state index in [-0.39, 0.29) is 11.2 Å². The van der Waals surface area contributed by atoms with Crippen LogP contribution in [-0.4, -0.2) is 9.97 Å². The Labute approximate surface area is 131 Å². The average molecular weight is 302 g/mol. The molecule has 0 aliphatic heterocycles. The third-order valence-corrected chi connectivity index (χ3v) is 4.18. The standard InChI is InChI=1S/C18H23FN2O/c1-7-18(5,6)16-14(19)9-8-10-15(16)22-17-13(4)20-11(2)12(3)21-17/h8-10H,7H2,1-6H3. The maximum absolute atomic E-state index is 14.4. The molecule has 22 heavy (non-hydrogen) atoms. The van der Waals surface area contributed by atoms with Crippen LogP contribution in [0.3, 0.4) is 0 Å². The van der Waals surface area contributed by atoms with E-state index in [2.05, 4.69) is 9.97 Å². The fourth-order valence-electron chi connectivity index (χ4n) is 2.32. The Hall–Kier alpha value is -1.97. The number of aromatic nitrogens is 2. The van der Waals surface area contributed by atoms with Crippen LogP contribution in [0.25, 0.3) is 0 Å². The predicted molar refractivity (Wildman–Crippen MR) is 86.0 cm³/mol. The van der Waals surface area contributed by atoms with E-state index in [0.29, 0.717) is 22.9 Å². The second-order valence-corrected chi connectivity index (χ2v) is 6.24. The predicted octanol–water partition coefficient (Wildman–Crippen LogP) is 5.02. The molecule has 0 aliphatic carbocycles. The first-order valence-electron chi connectivity index (χ1n) is 7.55. The van der Waals surface area contributed by atoms with Crippen molar-refractivity contribution in [3.63, 3.8) is 0 Å². The molecule has 2 aromatic rings. The van der Waals surface area contributed by atoms with E-state index in [1.54, 1.807) is 12.1 Å². The summed E-state index contributed by atoms with van der Waals surface area (Å²) >= 11 is 0. The summed E-state index contributed by atoms with van der Waals surface area (Å²) in [6.07, 6.45) is 0.807. The molecule has 0 N–H and O–H groups in total. The molecule has 4 heteroatoms. The molecule has 2 rings (SSSR count). The van der Waals surface area contributed by atoms with Gasteiger partial charge in [0.2, 0.25) is 5.88 Å². The van der Waals surface area contributed by atoms with Crippen LogP contribution in [0.2, 0.25) is 0 Å². The number of rotatable bonds is 4. The third kappa shape index (κ3) is 3.11. The van der Waals surface area contributed by atoms with Crippen molar-refractivity contribution < 1.29 is 9.13 Å². The highest BCUT2D eigenvalue weighted by molar-refractivity contribution is 5.42. The Morgan fingerprint density at radius 3 is 2.32 bits per heavy atom. The first-order valence-corrected chi connectivity index (χ1v) is 7.55. The molecule has 0 saturated carbocycles. The summed E-state index contributed by atoms with van der Waals surface area (Å²) in [6, 6.07) is 4.91. The number of hydrogen-bond donors (Lipinski definition) is 0. The number of halogens is 1. The van der Waals surface area contributed by atoms with Crippen molar-refractivity contribution in [2.75, 3.05) is 0 Å². The minimum Gasteiger partial charge on any atom is -0.437 e. The number of hydrogen-bond acceptors (Lipinski definition) is 3. The van der Waals surface area contributed by atoms with Crippen LogP contribution < -0.4 is 4.74 Å². The minimum atomic E-state index is -0.318. The normalized spacial score (nSPS) is 11.6. The zero-order chi connectivity index (χ0) is 16.5. The highest BCUT2D eigenvalue weighted by Crippen LogP contribution is 2.38. The van der Waals surface area contributed by atoms with E-state index in [1.165, 1.54) is 6.07 Å². The Balaban J connectivity index is 2.51. The van der Waals surface area contributed by atoms with Gasteiger partial charge in [0.15, 0.2) is 0 Å². The van der Waals surface area contributed by atoms with Crippen molar-refractivity contribution in [2.45, 2.75) is 53.4 Å². The van der Waals surface area contributed by atoms with Gasteiger partial charge in [-0.25, -0.2) is 9.37 Å². The number of ether oxygens (including phenoxy) is 1. The van der Waals surface area contributed by atoms with Crippen LogP contribution >= 0.6 is 0 Å². The van der Waals surface area contributed by atoms with Crippen LogP contribution in [0.1, 0.15) is 49.8 Å². The summed E-state index contributed by atoms with van der Waals surface area (Å²) in [6.45, 7) is 11.7. The minimum absolute atomic E-state index is 0.251. The summed E-state index contributed by atoms with van der Waals surface area (Å²) in [4.78, 5) is 8.86. The van der Waals surface area contributed by atoms with Crippen molar-refractivity contribution in [1.29, 1.82) is 0 Å². The van der Waals surface area contributed by atoms with E-state index >= 15 is 0 Å². The fraction of sp³-hybridized carbons (Fsp3) is 0.444. The molecule has 0 radical (unpaired) electrons. The van der Waals surface area contributed by atoms with Crippen LogP contribution in [0.5, 0.6) is 11.6 Å². The summed E-state index contributed by atoms with van der Waals surface area (Å²) in [5.41, 5.74) is 2.65. The van der Waals surface area contributed by atoms with E-state index in [0.717, 1.165) is 17.8 Å². The molecule has 0 saturated heterocycles. The summed E-state index contributed by atoms with van der Waals surface area (Å²) < 4.78 is 20.3. The zero-order valence-electron chi connectivity index (χ0n) is 14.1. The third-order valence-electron chi connectivity index (χ3n) is 4.18. The first-order chi connectivity index (χ1) is 10.3. The molecule has 118 valence electrons. The lowest BCUT2D eigenvalue weighted by atomic mass is 9.81. The number of aryl methyl sites for hydroxylation is 3.